The first-order chi connectivity index (χ1) is 7.04. The summed E-state index contributed by atoms with van der Waals surface area (Å²) in [6.45, 7) is 1.97. The number of nitrogen functional groups attached to an aromatic ring is 1. The van der Waals surface area contributed by atoms with Gasteiger partial charge in [-0.15, -0.1) is 0 Å². The van der Waals surface area contributed by atoms with Gasteiger partial charge in [0.2, 0.25) is 0 Å². The van der Waals surface area contributed by atoms with Gasteiger partial charge in [-0.2, -0.15) is 0 Å². The van der Waals surface area contributed by atoms with Crippen molar-refractivity contribution in [3.8, 4) is 0 Å². The molecule has 0 amide bonds. The number of rotatable bonds is 3. The molecule has 0 saturated heterocycles. The van der Waals surface area contributed by atoms with Crippen LogP contribution in [0.15, 0.2) is 12.1 Å². The van der Waals surface area contributed by atoms with Gasteiger partial charge in [0.1, 0.15) is 5.82 Å². The standard InChI is InChI=1S/C10H11ClFNO2/c1-2-15-9(14)4-6-3-7(12)5-8(11)10(6)13/h3,5H,2,4,13H2,1H3. The molecule has 0 radical (unpaired) electrons. The molecular weight excluding hydrogens is 221 g/mol. The molecule has 0 aliphatic carbocycles. The first-order valence-electron chi connectivity index (χ1n) is 4.43. The Balaban J connectivity index is 2.89. The van der Waals surface area contributed by atoms with E-state index < -0.39 is 11.8 Å². The summed E-state index contributed by atoms with van der Waals surface area (Å²) in [5.74, 6) is -0.973. The van der Waals surface area contributed by atoms with E-state index in [4.69, 9.17) is 22.1 Å². The van der Waals surface area contributed by atoms with Crippen molar-refractivity contribution in [2.75, 3.05) is 12.3 Å². The van der Waals surface area contributed by atoms with Gasteiger partial charge in [-0.05, 0) is 24.6 Å². The molecule has 82 valence electrons. The van der Waals surface area contributed by atoms with Crippen molar-refractivity contribution < 1.29 is 13.9 Å². The minimum absolute atomic E-state index is 0.0723. The first-order valence-corrected chi connectivity index (χ1v) is 4.81. The summed E-state index contributed by atoms with van der Waals surface area (Å²) in [6, 6.07) is 2.28. The molecule has 1 aromatic rings. The Kier molecular flexibility index (Phi) is 3.91. The lowest BCUT2D eigenvalue weighted by Gasteiger charge is -2.07. The number of benzene rings is 1. The van der Waals surface area contributed by atoms with E-state index in [0.29, 0.717) is 5.56 Å². The van der Waals surface area contributed by atoms with Gasteiger partial charge < -0.3 is 10.5 Å². The number of halogens is 2. The maximum Gasteiger partial charge on any atom is 0.310 e. The van der Waals surface area contributed by atoms with Crippen molar-refractivity contribution in [2.45, 2.75) is 13.3 Å². The highest BCUT2D eigenvalue weighted by atomic mass is 35.5. The van der Waals surface area contributed by atoms with Gasteiger partial charge >= 0.3 is 5.97 Å². The molecule has 0 fully saturated rings. The normalized spacial score (nSPS) is 10.1. The molecule has 0 spiro atoms. The molecule has 0 saturated carbocycles. The zero-order valence-electron chi connectivity index (χ0n) is 8.22. The molecule has 3 nitrogen and oxygen atoms in total. The van der Waals surface area contributed by atoms with E-state index >= 15 is 0 Å². The maximum atomic E-state index is 13.0. The van der Waals surface area contributed by atoms with Crippen LogP contribution in [-0.2, 0) is 16.0 Å². The average molecular weight is 232 g/mol. The van der Waals surface area contributed by atoms with Crippen LogP contribution in [0.1, 0.15) is 12.5 Å². The number of hydrogen-bond acceptors (Lipinski definition) is 3. The van der Waals surface area contributed by atoms with Crippen LogP contribution in [0.4, 0.5) is 10.1 Å². The topological polar surface area (TPSA) is 52.3 Å². The van der Waals surface area contributed by atoms with Gasteiger partial charge in [0.05, 0.1) is 23.7 Å². The summed E-state index contributed by atoms with van der Waals surface area (Å²) >= 11 is 5.66. The molecule has 0 aliphatic heterocycles. The lowest BCUT2D eigenvalue weighted by atomic mass is 10.1. The van der Waals surface area contributed by atoms with E-state index in [1.165, 1.54) is 6.07 Å². The monoisotopic (exact) mass is 231 g/mol. The first kappa shape index (κ1) is 11.8. The highest BCUT2D eigenvalue weighted by molar-refractivity contribution is 6.33. The number of carbonyl (C=O) groups is 1. The van der Waals surface area contributed by atoms with Crippen LogP contribution in [0.3, 0.4) is 0 Å². The molecule has 0 atom stereocenters. The predicted octanol–water partition coefficient (Wildman–Crippen LogP) is 2.17. The quantitative estimate of drug-likeness (QED) is 0.641. The zero-order valence-corrected chi connectivity index (χ0v) is 8.97. The van der Waals surface area contributed by atoms with E-state index in [0.717, 1.165) is 6.07 Å². The summed E-state index contributed by atoms with van der Waals surface area (Å²) < 4.78 is 17.7. The molecule has 5 heteroatoms. The Hall–Kier alpha value is -1.29. The highest BCUT2D eigenvalue weighted by Crippen LogP contribution is 2.24. The molecule has 1 aromatic carbocycles. The minimum Gasteiger partial charge on any atom is -0.466 e. The molecule has 0 unspecified atom stereocenters. The lowest BCUT2D eigenvalue weighted by Crippen LogP contribution is -2.09. The molecule has 0 bridgehead atoms. The number of esters is 1. The Morgan fingerprint density at radius 2 is 2.27 bits per heavy atom. The molecular formula is C10H11ClFNO2. The van der Waals surface area contributed by atoms with Crippen LogP contribution in [0.2, 0.25) is 5.02 Å². The van der Waals surface area contributed by atoms with Crippen LogP contribution in [0, 0.1) is 5.82 Å². The Bertz CT molecular complexity index is 382. The Labute approximate surface area is 92.0 Å². The van der Waals surface area contributed by atoms with Crippen molar-refractivity contribution in [2.24, 2.45) is 0 Å². The average Bonchev–Trinajstić information content (AvgIpc) is 2.13. The number of anilines is 1. The van der Waals surface area contributed by atoms with Gasteiger partial charge in [0.15, 0.2) is 0 Å². The third-order valence-electron chi connectivity index (χ3n) is 1.82. The molecule has 0 heterocycles. The molecule has 0 aliphatic rings. The van der Waals surface area contributed by atoms with E-state index in [-0.39, 0.29) is 23.7 Å². The summed E-state index contributed by atoms with van der Waals surface area (Å²) in [7, 11) is 0. The Morgan fingerprint density at radius 1 is 1.60 bits per heavy atom. The van der Waals surface area contributed by atoms with Gasteiger partial charge in [0, 0.05) is 0 Å². The Morgan fingerprint density at radius 3 is 2.87 bits per heavy atom. The van der Waals surface area contributed by atoms with Crippen LogP contribution < -0.4 is 5.73 Å². The minimum atomic E-state index is -0.520. The molecule has 2 N–H and O–H groups in total. The van der Waals surface area contributed by atoms with Crippen LogP contribution in [-0.4, -0.2) is 12.6 Å². The molecule has 15 heavy (non-hydrogen) atoms. The molecule has 0 aromatic heterocycles. The van der Waals surface area contributed by atoms with E-state index in [1.807, 2.05) is 0 Å². The second-order valence-corrected chi connectivity index (χ2v) is 3.35. The van der Waals surface area contributed by atoms with Gasteiger partial charge in [-0.3, -0.25) is 4.79 Å². The van der Waals surface area contributed by atoms with E-state index in [2.05, 4.69) is 0 Å². The second kappa shape index (κ2) is 4.98. The van der Waals surface area contributed by atoms with Crippen LogP contribution >= 0.6 is 11.6 Å². The summed E-state index contributed by atoms with van der Waals surface area (Å²) in [6.07, 6.45) is -0.0723. The van der Waals surface area contributed by atoms with Crippen molar-refractivity contribution in [1.82, 2.24) is 0 Å². The van der Waals surface area contributed by atoms with E-state index in [1.54, 1.807) is 6.92 Å². The fourth-order valence-electron chi connectivity index (χ4n) is 1.15. The predicted molar refractivity (Wildman–Crippen MR) is 56.2 cm³/mol. The zero-order chi connectivity index (χ0) is 11.4. The van der Waals surface area contributed by atoms with E-state index in [9.17, 15) is 9.18 Å². The molecule has 1 rings (SSSR count). The third-order valence-corrected chi connectivity index (χ3v) is 2.13. The maximum absolute atomic E-state index is 13.0. The van der Waals surface area contributed by atoms with Crippen molar-refractivity contribution in [3.63, 3.8) is 0 Å². The fraction of sp³-hybridized carbons (Fsp3) is 0.300. The van der Waals surface area contributed by atoms with Crippen LogP contribution in [0.25, 0.3) is 0 Å². The number of ether oxygens (including phenoxy) is 1. The van der Waals surface area contributed by atoms with Gasteiger partial charge in [-0.25, -0.2) is 4.39 Å². The van der Waals surface area contributed by atoms with Crippen molar-refractivity contribution in [3.05, 3.63) is 28.5 Å². The smallest absolute Gasteiger partial charge is 0.310 e. The van der Waals surface area contributed by atoms with Gasteiger partial charge in [0.25, 0.3) is 0 Å². The fourth-order valence-corrected chi connectivity index (χ4v) is 1.38. The van der Waals surface area contributed by atoms with Crippen LogP contribution in [0.5, 0.6) is 0 Å². The van der Waals surface area contributed by atoms with Gasteiger partial charge in [-0.1, -0.05) is 11.6 Å². The lowest BCUT2D eigenvalue weighted by molar-refractivity contribution is -0.142. The largest absolute Gasteiger partial charge is 0.466 e. The third kappa shape index (κ3) is 3.09. The summed E-state index contributed by atoms with van der Waals surface area (Å²) in [5, 5.41) is 0.106. The SMILES string of the molecule is CCOC(=O)Cc1cc(F)cc(Cl)c1N. The van der Waals surface area contributed by atoms with Crippen molar-refractivity contribution in [1.29, 1.82) is 0 Å². The number of hydrogen-bond donors (Lipinski definition) is 1. The van der Waals surface area contributed by atoms with Crippen molar-refractivity contribution >= 4 is 23.3 Å². The number of nitrogens with two attached hydrogens (primary N) is 1. The number of carbonyl (C=O) groups excluding carboxylic acids is 1. The summed E-state index contributed by atoms with van der Waals surface area (Å²) in [5.41, 5.74) is 6.15. The summed E-state index contributed by atoms with van der Waals surface area (Å²) in [4.78, 5) is 11.1. The highest BCUT2D eigenvalue weighted by Gasteiger charge is 2.11. The second-order valence-electron chi connectivity index (χ2n) is 2.94.